The van der Waals surface area contributed by atoms with Crippen LogP contribution in [0.1, 0.15) is 71.6 Å². The van der Waals surface area contributed by atoms with E-state index in [4.69, 9.17) is 18.9 Å². The molecule has 0 bridgehead atoms. The fourth-order valence-corrected chi connectivity index (χ4v) is 3.14. The zero-order valence-corrected chi connectivity index (χ0v) is 16.9. The molecule has 0 radical (unpaired) electrons. The quantitative estimate of drug-likeness (QED) is 0.324. The molecule has 1 N–H and O–H groups in total. The third-order valence-electron chi connectivity index (χ3n) is 4.53. The van der Waals surface area contributed by atoms with Gasteiger partial charge in [0.2, 0.25) is 0 Å². The van der Waals surface area contributed by atoms with Crippen molar-refractivity contribution in [3.63, 3.8) is 0 Å². The molecule has 0 aliphatic rings. The SMILES string of the molecule is CCCCCCCCC(CCCNC(=O)OCC)C(OC)(OC)OC. The van der Waals surface area contributed by atoms with Gasteiger partial charge in [0, 0.05) is 33.8 Å². The van der Waals surface area contributed by atoms with Gasteiger partial charge in [-0.1, -0.05) is 45.4 Å². The van der Waals surface area contributed by atoms with Gasteiger partial charge in [-0.15, -0.1) is 0 Å². The normalized spacial score (nSPS) is 12.8. The number of alkyl carbamates (subject to hydrolysis) is 1. The van der Waals surface area contributed by atoms with Crippen molar-refractivity contribution >= 4 is 6.09 Å². The van der Waals surface area contributed by atoms with Crippen molar-refractivity contribution in [2.45, 2.75) is 77.6 Å². The van der Waals surface area contributed by atoms with E-state index in [0.29, 0.717) is 13.2 Å². The maximum atomic E-state index is 11.3. The van der Waals surface area contributed by atoms with Crippen molar-refractivity contribution < 1.29 is 23.7 Å². The highest BCUT2D eigenvalue weighted by Gasteiger charge is 2.39. The lowest BCUT2D eigenvalue weighted by Crippen LogP contribution is -2.44. The molecule has 0 spiro atoms. The van der Waals surface area contributed by atoms with E-state index < -0.39 is 5.97 Å². The lowest BCUT2D eigenvalue weighted by Gasteiger charge is -2.36. The van der Waals surface area contributed by atoms with Crippen LogP contribution in [0.15, 0.2) is 0 Å². The fourth-order valence-electron chi connectivity index (χ4n) is 3.14. The maximum Gasteiger partial charge on any atom is 0.407 e. The van der Waals surface area contributed by atoms with E-state index in [2.05, 4.69) is 12.2 Å². The molecule has 0 saturated carbocycles. The first kappa shape index (κ1) is 24.1. The van der Waals surface area contributed by atoms with Gasteiger partial charge in [-0.2, -0.15) is 0 Å². The Kier molecular flexibility index (Phi) is 14.9. The van der Waals surface area contributed by atoms with E-state index >= 15 is 0 Å². The van der Waals surface area contributed by atoms with Crippen molar-refractivity contribution in [1.82, 2.24) is 5.32 Å². The Morgan fingerprint density at radius 2 is 1.44 bits per heavy atom. The first-order valence-corrected chi connectivity index (χ1v) is 9.66. The molecule has 25 heavy (non-hydrogen) atoms. The number of ether oxygens (including phenoxy) is 4. The second-order valence-corrected chi connectivity index (χ2v) is 6.26. The van der Waals surface area contributed by atoms with E-state index in [-0.39, 0.29) is 12.0 Å². The Balaban J connectivity index is 4.40. The number of carbonyl (C=O) groups is 1. The van der Waals surface area contributed by atoms with E-state index in [0.717, 1.165) is 25.7 Å². The number of nitrogens with one attached hydrogen (secondary N) is 1. The summed E-state index contributed by atoms with van der Waals surface area (Å²) in [6.07, 6.45) is 9.74. The monoisotopic (exact) mass is 361 g/mol. The molecule has 0 aromatic heterocycles. The van der Waals surface area contributed by atoms with Crippen molar-refractivity contribution in [1.29, 1.82) is 0 Å². The molecular formula is C19H39NO5. The van der Waals surface area contributed by atoms with Gasteiger partial charge in [0.1, 0.15) is 0 Å². The van der Waals surface area contributed by atoms with Crippen molar-refractivity contribution in [3.8, 4) is 0 Å². The van der Waals surface area contributed by atoms with Crippen LogP contribution in [0.4, 0.5) is 4.79 Å². The number of unbranched alkanes of at least 4 members (excludes halogenated alkanes) is 5. The average Bonchev–Trinajstić information content (AvgIpc) is 2.62. The first-order chi connectivity index (χ1) is 12.1. The largest absolute Gasteiger partial charge is 0.450 e. The number of amides is 1. The summed E-state index contributed by atoms with van der Waals surface area (Å²) in [5.41, 5.74) is 0. The molecule has 0 aliphatic heterocycles. The van der Waals surface area contributed by atoms with Gasteiger partial charge in [-0.05, 0) is 26.2 Å². The Labute approximate surface area is 153 Å². The summed E-state index contributed by atoms with van der Waals surface area (Å²) in [4.78, 5) is 11.3. The lowest BCUT2D eigenvalue weighted by molar-refractivity contribution is -0.380. The molecule has 0 fully saturated rings. The van der Waals surface area contributed by atoms with E-state index in [1.165, 1.54) is 32.1 Å². The van der Waals surface area contributed by atoms with Crippen LogP contribution in [-0.4, -0.2) is 46.5 Å². The van der Waals surface area contributed by atoms with Crippen LogP contribution >= 0.6 is 0 Å². The minimum absolute atomic E-state index is 0.114. The van der Waals surface area contributed by atoms with Gasteiger partial charge in [0.15, 0.2) is 0 Å². The van der Waals surface area contributed by atoms with E-state index in [1.54, 1.807) is 28.3 Å². The van der Waals surface area contributed by atoms with Crippen LogP contribution < -0.4 is 5.32 Å². The van der Waals surface area contributed by atoms with Crippen LogP contribution in [0.3, 0.4) is 0 Å². The highest BCUT2D eigenvalue weighted by molar-refractivity contribution is 5.66. The minimum atomic E-state index is -1.02. The van der Waals surface area contributed by atoms with Crippen LogP contribution in [-0.2, 0) is 18.9 Å². The van der Waals surface area contributed by atoms with Crippen LogP contribution in [0.5, 0.6) is 0 Å². The molecule has 0 aromatic carbocycles. The average molecular weight is 362 g/mol. The predicted molar refractivity (Wildman–Crippen MR) is 99.5 cm³/mol. The molecular weight excluding hydrogens is 322 g/mol. The van der Waals surface area contributed by atoms with Crippen LogP contribution in [0.2, 0.25) is 0 Å². The zero-order valence-electron chi connectivity index (χ0n) is 16.9. The Bertz CT molecular complexity index is 313. The Morgan fingerprint density at radius 3 is 2.00 bits per heavy atom. The van der Waals surface area contributed by atoms with Crippen LogP contribution in [0, 0.1) is 5.92 Å². The van der Waals surface area contributed by atoms with Crippen LogP contribution in [0.25, 0.3) is 0 Å². The molecule has 1 unspecified atom stereocenters. The third-order valence-corrected chi connectivity index (χ3v) is 4.53. The Hall–Kier alpha value is -0.850. The summed E-state index contributed by atoms with van der Waals surface area (Å²) < 4.78 is 21.5. The van der Waals surface area contributed by atoms with Crippen molar-refractivity contribution in [2.75, 3.05) is 34.5 Å². The molecule has 1 amide bonds. The fraction of sp³-hybridized carbons (Fsp3) is 0.947. The summed E-state index contributed by atoms with van der Waals surface area (Å²) >= 11 is 0. The van der Waals surface area contributed by atoms with Crippen molar-refractivity contribution in [3.05, 3.63) is 0 Å². The van der Waals surface area contributed by atoms with Gasteiger partial charge >= 0.3 is 6.09 Å². The number of rotatable bonds is 16. The third kappa shape index (κ3) is 10.0. The second kappa shape index (κ2) is 15.4. The van der Waals surface area contributed by atoms with Gasteiger partial charge < -0.3 is 24.3 Å². The molecule has 6 heteroatoms. The smallest absolute Gasteiger partial charge is 0.407 e. The number of methoxy groups -OCH3 is 3. The summed E-state index contributed by atoms with van der Waals surface area (Å²) in [5, 5.41) is 2.75. The Morgan fingerprint density at radius 1 is 0.880 bits per heavy atom. The lowest BCUT2D eigenvalue weighted by atomic mass is 9.93. The van der Waals surface area contributed by atoms with E-state index in [9.17, 15) is 4.79 Å². The minimum Gasteiger partial charge on any atom is -0.450 e. The van der Waals surface area contributed by atoms with Gasteiger partial charge in [0.25, 0.3) is 5.97 Å². The summed E-state index contributed by atoms with van der Waals surface area (Å²) in [5.74, 6) is -0.907. The number of hydrogen-bond acceptors (Lipinski definition) is 5. The van der Waals surface area contributed by atoms with E-state index in [1.807, 2.05) is 0 Å². The van der Waals surface area contributed by atoms with Gasteiger partial charge in [-0.3, -0.25) is 0 Å². The standard InChI is InChI=1S/C19H39NO5/c1-6-8-9-10-11-12-14-17(19(22-3,23-4)24-5)15-13-16-20-18(21)25-7-2/h17H,6-16H2,1-5H3,(H,20,21). The maximum absolute atomic E-state index is 11.3. The number of hydrogen-bond donors (Lipinski definition) is 1. The zero-order chi connectivity index (χ0) is 19.0. The molecule has 150 valence electrons. The number of carbonyl (C=O) groups excluding carboxylic acids is 1. The summed E-state index contributed by atoms with van der Waals surface area (Å²) in [6, 6.07) is 0. The highest BCUT2D eigenvalue weighted by atomic mass is 16.9. The molecule has 1 atom stereocenters. The molecule has 0 heterocycles. The summed E-state index contributed by atoms with van der Waals surface area (Å²) in [7, 11) is 4.83. The van der Waals surface area contributed by atoms with Gasteiger partial charge in [0.05, 0.1) is 6.61 Å². The molecule has 0 saturated heterocycles. The molecule has 0 aliphatic carbocycles. The van der Waals surface area contributed by atoms with Gasteiger partial charge in [-0.25, -0.2) is 4.79 Å². The van der Waals surface area contributed by atoms with Crippen molar-refractivity contribution in [2.24, 2.45) is 5.92 Å². The molecule has 0 aromatic rings. The highest BCUT2D eigenvalue weighted by Crippen LogP contribution is 2.32. The second-order valence-electron chi connectivity index (χ2n) is 6.26. The summed E-state index contributed by atoms with van der Waals surface area (Å²) in [6.45, 7) is 4.97. The predicted octanol–water partition coefficient (Wildman–Crippen LogP) is 4.47. The first-order valence-electron chi connectivity index (χ1n) is 9.66. The molecule has 6 nitrogen and oxygen atoms in total. The topological polar surface area (TPSA) is 66.0 Å². The molecule has 0 rings (SSSR count).